The molecule has 0 aromatic carbocycles. The highest BCUT2D eigenvalue weighted by Crippen LogP contribution is 2.28. The molecule has 106 valence electrons. The molecule has 0 aliphatic heterocycles. The first-order chi connectivity index (χ1) is 9.83. The van der Waals surface area contributed by atoms with Crippen molar-refractivity contribution in [1.29, 1.82) is 0 Å². The minimum absolute atomic E-state index is 0.243. The van der Waals surface area contributed by atoms with E-state index in [-0.39, 0.29) is 6.04 Å². The van der Waals surface area contributed by atoms with Gasteiger partial charge in [-0.2, -0.15) is 5.10 Å². The molecule has 0 bridgehead atoms. The number of pyridine rings is 1. The molecule has 1 aliphatic carbocycles. The summed E-state index contributed by atoms with van der Waals surface area (Å²) < 4.78 is 2.15. The minimum Gasteiger partial charge on any atom is -0.303 e. The lowest BCUT2D eigenvalue weighted by molar-refractivity contribution is 0.458. The second-order valence-electron chi connectivity index (χ2n) is 5.58. The number of rotatable bonds is 5. The maximum absolute atomic E-state index is 4.69. The second-order valence-corrected chi connectivity index (χ2v) is 5.58. The predicted octanol–water partition coefficient (Wildman–Crippen LogP) is 3.24. The smallest absolute Gasteiger partial charge is 0.0762 e. The molecule has 0 saturated heterocycles. The van der Waals surface area contributed by atoms with Crippen LogP contribution in [0.25, 0.3) is 0 Å². The van der Waals surface area contributed by atoms with Gasteiger partial charge in [-0.05, 0) is 38.0 Å². The first-order valence-corrected chi connectivity index (χ1v) is 7.51. The van der Waals surface area contributed by atoms with E-state index < -0.39 is 0 Å². The normalized spacial score (nSPS) is 17.4. The van der Waals surface area contributed by atoms with Crippen LogP contribution in [0.4, 0.5) is 0 Å². The Balaban J connectivity index is 1.56. The maximum atomic E-state index is 4.69. The zero-order valence-electron chi connectivity index (χ0n) is 12.0. The van der Waals surface area contributed by atoms with Crippen molar-refractivity contribution in [3.8, 4) is 0 Å². The van der Waals surface area contributed by atoms with Gasteiger partial charge in [-0.1, -0.05) is 18.9 Å². The Morgan fingerprint density at radius 1 is 1.30 bits per heavy atom. The van der Waals surface area contributed by atoms with E-state index in [2.05, 4.69) is 40.2 Å². The first kappa shape index (κ1) is 13.3. The standard InChI is InChI=1S/C16H22N4/c1-13(16-8-4-5-10-17-16)18-12-14-9-11-20(19-14)15-6-2-3-7-15/h4-5,8-11,13,15,18H,2-3,6-7,12H2,1H3/t13-/m1/s1. The van der Waals surface area contributed by atoms with Gasteiger partial charge in [0.25, 0.3) is 0 Å². The van der Waals surface area contributed by atoms with Gasteiger partial charge < -0.3 is 5.32 Å². The number of aromatic nitrogens is 3. The third-order valence-corrected chi connectivity index (χ3v) is 4.08. The summed E-state index contributed by atoms with van der Waals surface area (Å²) in [6, 6.07) is 9.00. The van der Waals surface area contributed by atoms with Crippen molar-refractivity contribution in [2.45, 2.75) is 51.2 Å². The monoisotopic (exact) mass is 270 g/mol. The van der Waals surface area contributed by atoms with Crippen LogP contribution in [-0.4, -0.2) is 14.8 Å². The molecule has 3 rings (SSSR count). The third-order valence-electron chi connectivity index (χ3n) is 4.08. The van der Waals surface area contributed by atoms with E-state index in [4.69, 9.17) is 5.10 Å². The molecule has 2 aromatic heterocycles. The highest BCUT2D eigenvalue weighted by atomic mass is 15.3. The summed E-state index contributed by atoms with van der Waals surface area (Å²) in [5.41, 5.74) is 2.18. The molecule has 1 N–H and O–H groups in total. The molecule has 1 atom stereocenters. The molecular formula is C16H22N4. The molecule has 1 fully saturated rings. The van der Waals surface area contributed by atoms with Crippen molar-refractivity contribution >= 4 is 0 Å². The quantitative estimate of drug-likeness (QED) is 0.907. The van der Waals surface area contributed by atoms with Crippen LogP contribution in [0.5, 0.6) is 0 Å². The molecule has 0 unspecified atom stereocenters. The van der Waals surface area contributed by atoms with Gasteiger partial charge >= 0.3 is 0 Å². The fourth-order valence-electron chi connectivity index (χ4n) is 2.84. The molecule has 0 amide bonds. The van der Waals surface area contributed by atoms with E-state index in [9.17, 15) is 0 Å². The van der Waals surface area contributed by atoms with Crippen molar-refractivity contribution in [1.82, 2.24) is 20.1 Å². The van der Waals surface area contributed by atoms with Crippen LogP contribution in [-0.2, 0) is 6.54 Å². The molecule has 2 aromatic rings. The summed E-state index contributed by atoms with van der Waals surface area (Å²) >= 11 is 0. The molecule has 1 aliphatic rings. The average Bonchev–Trinajstić information content (AvgIpc) is 3.16. The number of nitrogens with zero attached hydrogens (tertiary/aromatic N) is 3. The van der Waals surface area contributed by atoms with Crippen molar-refractivity contribution in [2.24, 2.45) is 0 Å². The molecule has 2 heterocycles. The highest BCUT2D eigenvalue weighted by molar-refractivity contribution is 5.08. The molecule has 1 saturated carbocycles. The van der Waals surface area contributed by atoms with Gasteiger partial charge in [-0.15, -0.1) is 0 Å². The van der Waals surface area contributed by atoms with E-state index in [1.165, 1.54) is 25.7 Å². The lowest BCUT2D eigenvalue weighted by Gasteiger charge is -2.12. The first-order valence-electron chi connectivity index (χ1n) is 7.51. The summed E-state index contributed by atoms with van der Waals surface area (Å²) in [6.07, 6.45) is 9.20. The van der Waals surface area contributed by atoms with E-state index >= 15 is 0 Å². The van der Waals surface area contributed by atoms with Crippen LogP contribution in [0.1, 0.15) is 56.1 Å². The second kappa shape index (κ2) is 6.18. The van der Waals surface area contributed by atoms with Crippen molar-refractivity contribution in [2.75, 3.05) is 0 Å². The Hall–Kier alpha value is -1.68. The van der Waals surface area contributed by atoms with Crippen LogP contribution >= 0.6 is 0 Å². The summed E-state index contributed by atoms with van der Waals surface area (Å²) in [6.45, 7) is 2.92. The van der Waals surface area contributed by atoms with Crippen LogP contribution in [0.3, 0.4) is 0 Å². The fourth-order valence-corrected chi connectivity index (χ4v) is 2.84. The summed E-state index contributed by atoms with van der Waals surface area (Å²) in [5, 5.41) is 8.17. The summed E-state index contributed by atoms with van der Waals surface area (Å²) in [5.74, 6) is 0. The van der Waals surface area contributed by atoms with Crippen LogP contribution in [0.15, 0.2) is 36.7 Å². The van der Waals surface area contributed by atoms with Gasteiger partial charge in [-0.25, -0.2) is 0 Å². The minimum atomic E-state index is 0.243. The van der Waals surface area contributed by atoms with Crippen LogP contribution < -0.4 is 5.32 Å². The van der Waals surface area contributed by atoms with E-state index in [0.717, 1.165) is 17.9 Å². The molecule has 4 nitrogen and oxygen atoms in total. The Kier molecular flexibility index (Phi) is 4.11. The lowest BCUT2D eigenvalue weighted by Crippen LogP contribution is -2.19. The summed E-state index contributed by atoms with van der Waals surface area (Å²) in [7, 11) is 0. The van der Waals surface area contributed by atoms with Crippen LogP contribution in [0, 0.1) is 0 Å². The van der Waals surface area contributed by atoms with Gasteiger partial charge in [-0.3, -0.25) is 9.67 Å². The number of hydrogen-bond donors (Lipinski definition) is 1. The zero-order valence-corrected chi connectivity index (χ0v) is 12.0. The fraction of sp³-hybridized carbons (Fsp3) is 0.500. The molecule has 0 radical (unpaired) electrons. The van der Waals surface area contributed by atoms with Gasteiger partial charge in [0.1, 0.15) is 0 Å². The highest BCUT2D eigenvalue weighted by Gasteiger charge is 2.17. The molecular weight excluding hydrogens is 248 g/mol. The maximum Gasteiger partial charge on any atom is 0.0762 e. The number of nitrogens with one attached hydrogen (secondary N) is 1. The van der Waals surface area contributed by atoms with Gasteiger partial charge in [0, 0.05) is 25.0 Å². The molecule has 4 heteroatoms. The van der Waals surface area contributed by atoms with Crippen molar-refractivity contribution in [3.05, 3.63) is 48.0 Å². The molecule has 0 spiro atoms. The van der Waals surface area contributed by atoms with Gasteiger partial charge in [0.05, 0.1) is 17.4 Å². The van der Waals surface area contributed by atoms with E-state index in [1.54, 1.807) is 0 Å². The van der Waals surface area contributed by atoms with Crippen molar-refractivity contribution in [3.63, 3.8) is 0 Å². The number of hydrogen-bond acceptors (Lipinski definition) is 3. The topological polar surface area (TPSA) is 42.7 Å². The van der Waals surface area contributed by atoms with Crippen LogP contribution in [0.2, 0.25) is 0 Å². The lowest BCUT2D eigenvalue weighted by atomic mass is 10.2. The Morgan fingerprint density at radius 3 is 2.90 bits per heavy atom. The summed E-state index contributed by atoms with van der Waals surface area (Å²) in [4.78, 5) is 4.37. The Labute approximate surface area is 120 Å². The largest absolute Gasteiger partial charge is 0.303 e. The van der Waals surface area contributed by atoms with Gasteiger partial charge in [0.15, 0.2) is 0 Å². The zero-order chi connectivity index (χ0) is 13.8. The average molecular weight is 270 g/mol. The van der Waals surface area contributed by atoms with E-state index in [1.807, 2.05) is 18.3 Å². The Morgan fingerprint density at radius 2 is 2.15 bits per heavy atom. The Bertz CT molecular complexity index is 528. The van der Waals surface area contributed by atoms with Crippen molar-refractivity contribution < 1.29 is 0 Å². The SMILES string of the molecule is C[C@@H](NCc1ccn(C2CCCC2)n1)c1ccccn1. The third kappa shape index (κ3) is 3.07. The van der Waals surface area contributed by atoms with Gasteiger partial charge in [0.2, 0.25) is 0 Å². The predicted molar refractivity (Wildman–Crippen MR) is 79.2 cm³/mol. The molecule has 20 heavy (non-hydrogen) atoms. The van der Waals surface area contributed by atoms with E-state index in [0.29, 0.717) is 6.04 Å².